The quantitative estimate of drug-likeness (QED) is 0.665. The summed E-state index contributed by atoms with van der Waals surface area (Å²) < 4.78 is 1.02. The van der Waals surface area contributed by atoms with E-state index in [9.17, 15) is 9.90 Å². The molecule has 4 rings (SSSR count). The van der Waals surface area contributed by atoms with Crippen LogP contribution in [0.1, 0.15) is 79.6 Å². The summed E-state index contributed by atoms with van der Waals surface area (Å²) in [5, 5.41) is 11.1. The van der Waals surface area contributed by atoms with Gasteiger partial charge in [-0.3, -0.25) is 4.79 Å². The molecule has 2 saturated carbocycles. The minimum absolute atomic E-state index is 0.0571. The Morgan fingerprint density at radius 1 is 1.10 bits per heavy atom. The van der Waals surface area contributed by atoms with Crippen LogP contribution >= 0.6 is 0 Å². The minimum Gasteiger partial charge on any atom is -0.390 e. The number of aliphatic hydroxyl groups is 1. The Labute approximate surface area is 184 Å². The van der Waals surface area contributed by atoms with Crippen LogP contribution in [0.3, 0.4) is 0 Å². The van der Waals surface area contributed by atoms with Crippen molar-refractivity contribution in [3.63, 3.8) is 0 Å². The van der Waals surface area contributed by atoms with Crippen molar-refractivity contribution in [1.82, 2.24) is 4.90 Å². The topological polar surface area (TPSA) is 40.5 Å². The van der Waals surface area contributed by atoms with E-state index in [2.05, 4.69) is 52.6 Å². The number of carbonyl (C=O) groups is 1. The molecule has 3 aliphatic carbocycles. The number of quaternary nitrogens is 1. The molecule has 4 heteroatoms. The largest absolute Gasteiger partial charge is 0.390 e. The van der Waals surface area contributed by atoms with Gasteiger partial charge >= 0.3 is 0 Å². The second-order valence-corrected chi connectivity index (χ2v) is 11.9. The first-order valence-corrected chi connectivity index (χ1v) is 12.6. The zero-order valence-corrected chi connectivity index (χ0v) is 20.3. The molecule has 30 heavy (non-hydrogen) atoms. The molecule has 6 unspecified atom stereocenters. The van der Waals surface area contributed by atoms with Crippen molar-refractivity contribution < 1.29 is 14.4 Å². The summed E-state index contributed by atoms with van der Waals surface area (Å²) in [4.78, 5) is 15.2. The van der Waals surface area contributed by atoms with E-state index in [1.165, 1.54) is 12.1 Å². The van der Waals surface area contributed by atoms with Crippen molar-refractivity contribution in [2.24, 2.45) is 28.6 Å². The van der Waals surface area contributed by atoms with Gasteiger partial charge in [-0.1, -0.05) is 19.9 Å². The standard InChI is InChI=1S/C26H45N2O2/c1-7-28(6,8-2)18-17-27-22-10-9-19-20(24(22,3)14-13-23(27)29)11-15-25(4)21(19)12-16-26(25,5)30/h10,19-21,30H,7-9,11-18H2,1-6H3/q+1. The summed E-state index contributed by atoms with van der Waals surface area (Å²) in [6.45, 7) is 15.5. The number of fused-ring (bicyclic) bond motifs is 5. The molecular formula is C26H45N2O2+. The number of rotatable bonds is 5. The first-order chi connectivity index (χ1) is 14.0. The maximum absolute atomic E-state index is 13.0. The second kappa shape index (κ2) is 7.33. The number of nitrogens with zero attached hydrogens (tertiary/aromatic N) is 2. The molecule has 170 valence electrons. The lowest BCUT2D eigenvalue weighted by molar-refractivity contribution is -0.905. The van der Waals surface area contributed by atoms with Crippen LogP contribution in [0.5, 0.6) is 0 Å². The minimum atomic E-state index is -0.523. The van der Waals surface area contributed by atoms with Crippen molar-refractivity contribution in [2.75, 3.05) is 33.2 Å². The summed E-state index contributed by atoms with van der Waals surface area (Å²) >= 11 is 0. The first-order valence-electron chi connectivity index (χ1n) is 12.6. The average molecular weight is 418 g/mol. The maximum atomic E-state index is 13.0. The van der Waals surface area contributed by atoms with E-state index in [4.69, 9.17) is 0 Å². The molecule has 3 fully saturated rings. The highest BCUT2D eigenvalue weighted by Gasteiger charge is 2.62. The Bertz CT molecular complexity index is 725. The molecule has 6 atom stereocenters. The summed E-state index contributed by atoms with van der Waals surface area (Å²) in [6, 6.07) is 0. The molecule has 1 amide bonds. The third kappa shape index (κ3) is 3.11. The van der Waals surface area contributed by atoms with Crippen LogP contribution in [-0.2, 0) is 4.79 Å². The molecule has 1 aliphatic heterocycles. The molecule has 1 N–H and O–H groups in total. The molecule has 0 aromatic carbocycles. The molecule has 1 saturated heterocycles. The number of likely N-dealkylation sites (N-methyl/N-ethyl adjacent to an activating group) is 1. The fourth-order valence-corrected chi connectivity index (χ4v) is 7.82. The van der Waals surface area contributed by atoms with Gasteiger partial charge in [0.15, 0.2) is 0 Å². The van der Waals surface area contributed by atoms with Gasteiger partial charge in [0, 0.05) is 17.5 Å². The highest BCUT2D eigenvalue weighted by atomic mass is 16.3. The van der Waals surface area contributed by atoms with Gasteiger partial charge in [0.05, 0.1) is 38.8 Å². The van der Waals surface area contributed by atoms with Gasteiger partial charge in [-0.05, 0) is 82.5 Å². The molecule has 0 radical (unpaired) electrons. The van der Waals surface area contributed by atoms with Crippen LogP contribution in [-0.4, -0.2) is 59.2 Å². The van der Waals surface area contributed by atoms with Gasteiger partial charge in [-0.15, -0.1) is 0 Å². The average Bonchev–Trinajstić information content (AvgIpc) is 2.96. The number of allylic oxidation sites excluding steroid dienone is 2. The van der Waals surface area contributed by atoms with E-state index in [0.717, 1.165) is 62.8 Å². The van der Waals surface area contributed by atoms with Crippen LogP contribution in [0, 0.1) is 28.6 Å². The monoisotopic (exact) mass is 417 g/mol. The van der Waals surface area contributed by atoms with Gasteiger partial charge < -0.3 is 14.5 Å². The second-order valence-electron chi connectivity index (χ2n) is 11.9. The normalized spacial score (nSPS) is 43.7. The Morgan fingerprint density at radius 3 is 2.43 bits per heavy atom. The zero-order valence-electron chi connectivity index (χ0n) is 20.3. The molecule has 0 aromatic heterocycles. The van der Waals surface area contributed by atoms with Crippen LogP contribution in [0.4, 0.5) is 0 Å². The lowest BCUT2D eigenvalue weighted by Gasteiger charge is -2.59. The molecule has 4 aliphatic rings. The number of piperidine rings is 1. The van der Waals surface area contributed by atoms with Gasteiger partial charge in [-0.2, -0.15) is 0 Å². The molecule has 0 aromatic rings. The van der Waals surface area contributed by atoms with E-state index in [1.54, 1.807) is 0 Å². The summed E-state index contributed by atoms with van der Waals surface area (Å²) in [5.41, 5.74) is 0.993. The maximum Gasteiger partial charge on any atom is 0.226 e. The van der Waals surface area contributed by atoms with E-state index in [0.29, 0.717) is 30.1 Å². The first kappa shape index (κ1) is 22.3. The van der Waals surface area contributed by atoms with Crippen LogP contribution < -0.4 is 0 Å². The molecule has 4 nitrogen and oxygen atoms in total. The third-order valence-corrected chi connectivity index (χ3v) is 10.8. The number of hydrogen-bond acceptors (Lipinski definition) is 2. The predicted molar refractivity (Wildman–Crippen MR) is 122 cm³/mol. The van der Waals surface area contributed by atoms with Crippen molar-refractivity contribution in [3.05, 3.63) is 11.8 Å². The number of likely N-dealkylation sites (tertiary alicyclic amines) is 1. The zero-order chi connectivity index (χ0) is 21.9. The van der Waals surface area contributed by atoms with E-state index >= 15 is 0 Å². The molecular weight excluding hydrogens is 372 g/mol. The molecule has 1 heterocycles. The smallest absolute Gasteiger partial charge is 0.226 e. The highest BCUT2D eigenvalue weighted by molar-refractivity contribution is 5.80. The van der Waals surface area contributed by atoms with Gasteiger partial charge in [0.25, 0.3) is 0 Å². The summed E-state index contributed by atoms with van der Waals surface area (Å²) in [6.07, 6.45) is 9.66. The van der Waals surface area contributed by atoms with Crippen molar-refractivity contribution in [2.45, 2.75) is 85.2 Å². The number of carbonyl (C=O) groups excluding carboxylic acids is 1. The summed E-state index contributed by atoms with van der Waals surface area (Å²) in [7, 11) is 2.31. The lowest BCUT2D eigenvalue weighted by atomic mass is 9.48. The van der Waals surface area contributed by atoms with Gasteiger partial charge in [-0.25, -0.2) is 0 Å². The molecule has 0 spiro atoms. The lowest BCUT2D eigenvalue weighted by Crippen LogP contribution is -2.57. The predicted octanol–water partition coefficient (Wildman–Crippen LogP) is 4.58. The van der Waals surface area contributed by atoms with Crippen LogP contribution in [0.15, 0.2) is 11.8 Å². The van der Waals surface area contributed by atoms with Crippen LogP contribution in [0.2, 0.25) is 0 Å². The third-order valence-electron chi connectivity index (χ3n) is 10.8. The van der Waals surface area contributed by atoms with Crippen molar-refractivity contribution in [1.29, 1.82) is 0 Å². The number of hydrogen-bond donors (Lipinski definition) is 1. The Balaban J connectivity index is 1.61. The Hall–Kier alpha value is -0.870. The fourth-order valence-electron chi connectivity index (χ4n) is 7.82. The van der Waals surface area contributed by atoms with Crippen molar-refractivity contribution in [3.8, 4) is 0 Å². The van der Waals surface area contributed by atoms with E-state index in [-0.39, 0.29) is 10.8 Å². The van der Waals surface area contributed by atoms with Crippen LogP contribution in [0.25, 0.3) is 0 Å². The summed E-state index contributed by atoms with van der Waals surface area (Å²) in [5.74, 6) is 2.26. The van der Waals surface area contributed by atoms with Gasteiger partial charge in [0.2, 0.25) is 5.91 Å². The van der Waals surface area contributed by atoms with Crippen molar-refractivity contribution >= 4 is 5.91 Å². The SMILES string of the molecule is CC[N+](C)(CC)CCN1C(=O)CCC2(C)C1=CCC1C2CCC2(C)C1CCC2(C)O. The molecule has 0 bridgehead atoms. The van der Waals surface area contributed by atoms with E-state index in [1.807, 2.05) is 0 Å². The Morgan fingerprint density at radius 2 is 1.77 bits per heavy atom. The van der Waals surface area contributed by atoms with E-state index < -0.39 is 5.60 Å². The number of amides is 1. The fraction of sp³-hybridized carbons (Fsp3) is 0.885. The van der Waals surface area contributed by atoms with Gasteiger partial charge in [0.1, 0.15) is 0 Å². The highest BCUT2D eigenvalue weighted by Crippen LogP contribution is 2.66. The Kier molecular flexibility index (Phi) is 5.46.